The van der Waals surface area contributed by atoms with Crippen LogP contribution in [0.1, 0.15) is 41.5 Å². The summed E-state index contributed by atoms with van der Waals surface area (Å²) < 4.78 is 0. The van der Waals surface area contributed by atoms with Crippen LogP contribution in [0.4, 0.5) is 0 Å². The van der Waals surface area contributed by atoms with Crippen molar-refractivity contribution in [1.82, 2.24) is 0 Å². The number of rotatable bonds is 1. The summed E-state index contributed by atoms with van der Waals surface area (Å²) in [6, 6.07) is 0. The molecule has 0 fully saturated rings. The van der Waals surface area contributed by atoms with Crippen LogP contribution in [0.3, 0.4) is 0 Å². The Kier molecular flexibility index (Phi) is 9.03. The molecule has 0 heterocycles. The second-order valence-corrected chi connectivity index (χ2v) is 2.53. The molecule has 0 saturated heterocycles. The Hall–Kier alpha value is -0.520. The maximum Gasteiger partial charge on any atom is -0.0130 e. The molecule has 0 atom stereocenters. The van der Waals surface area contributed by atoms with Crippen molar-refractivity contribution in [3.8, 4) is 0 Å². The smallest absolute Gasteiger partial charge is 0.0130 e. The molecule has 1 aliphatic rings. The van der Waals surface area contributed by atoms with E-state index in [9.17, 15) is 0 Å². The average molecular weight is 154 g/mol. The van der Waals surface area contributed by atoms with Crippen LogP contribution in [0.25, 0.3) is 0 Å². The van der Waals surface area contributed by atoms with Gasteiger partial charge in [-0.05, 0) is 12.3 Å². The van der Waals surface area contributed by atoms with Crippen molar-refractivity contribution in [3.63, 3.8) is 0 Å². The van der Waals surface area contributed by atoms with Crippen LogP contribution in [0.15, 0.2) is 23.8 Å². The van der Waals surface area contributed by atoms with Gasteiger partial charge in [-0.2, -0.15) is 0 Å². The highest BCUT2D eigenvalue weighted by molar-refractivity contribution is 5.23. The maximum absolute atomic E-state index is 2.23. The molecule has 0 aromatic carbocycles. The summed E-state index contributed by atoms with van der Waals surface area (Å²) in [6.45, 7) is 8.47. The van der Waals surface area contributed by atoms with Crippen LogP contribution < -0.4 is 0 Å². The minimum Gasteiger partial charge on any atom is -0.0805 e. The normalized spacial score (nSPS) is 13.4. The molecule has 0 nitrogen and oxygen atoms in total. The standard InChI is InChI=1S/C8H12.C2H6.CH4/c1-7(2)8-5-3-4-6-8;1-2;/h3-5,7H,6H2,1-2H3;1-2H3;1H4. The molecule has 0 bridgehead atoms. The third kappa shape index (κ3) is 4.83. The highest BCUT2D eigenvalue weighted by atomic mass is 14.1. The molecule has 0 heteroatoms. The fraction of sp³-hybridized carbons (Fsp3) is 0.636. The quantitative estimate of drug-likeness (QED) is 0.531. The van der Waals surface area contributed by atoms with Crippen LogP contribution in [-0.4, -0.2) is 0 Å². The van der Waals surface area contributed by atoms with Gasteiger partial charge in [-0.15, -0.1) is 0 Å². The van der Waals surface area contributed by atoms with E-state index < -0.39 is 0 Å². The lowest BCUT2D eigenvalue weighted by Crippen LogP contribution is -1.88. The first-order valence-electron chi connectivity index (χ1n) is 4.16. The molecule has 0 spiro atoms. The Morgan fingerprint density at radius 2 is 1.82 bits per heavy atom. The van der Waals surface area contributed by atoms with Crippen LogP contribution in [-0.2, 0) is 0 Å². The Balaban J connectivity index is 0. The second-order valence-electron chi connectivity index (χ2n) is 2.53. The van der Waals surface area contributed by atoms with Gasteiger partial charge in [0.15, 0.2) is 0 Å². The molecule has 0 aromatic rings. The van der Waals surface area contributed by atoms with Crippen LogP contribution in [0, 0.1) is 5.92 Å². The molecule has 0 saturated carbocycles. The molecular weight excluding hydrogens is 132 g/mol. The van der Waals surface area contributed by atoms with E-state index in [2.05, 4.69) is 32.1 Å². The van der Waals surface area contributed by atoms with Crippen molar-refractivity contribution in [1.29, 1.82) is 0 Å². The Bertz CT molecular complexity index is 127. The summed E-state index contributed by atoms with van der Waals surface area (Å²) in [5.74, 6) is 0.741. The monoisotopic (exact) mass is 154 g/mol. The lowest BCUT2D eigenvalue weighted by molar-refractivity contribution is 0.753. The van der Waals surface area contributed by atoms with E-state index in [1.54, 1.807) is 5.57 Å². The average Bonchev–Trinajstić information content (AvgIpc) is 2.42. The van der Waals surface area contributed by atoms with Gasteiger partial charge in [0.05, 0.1) is 0 Å². The second kappa shape index (κ2) is 7.59. The van der Waals surface area contributed by atoms with E-state index in [4.69, 9.17) is 0 Å². The molecule has 1 aliphatic carbocycles. The molecule has 0 amide bonds. The third-order valence-corrected chi connectivity index (χ3v) is 1.54. The van der Waals surface area contributed by atoms with Crippen LogP contribution in [0.5, 0.6) is 0 Å². The lowest BCUT2D eigenvalue weighted by Gasteiger charge is -2.02. The predicted molar refractivity (Wildman–Crippen MR) is 54.8 cm³/mol. The van der Waals surface area contributed by atoms with E-state index in [1.807, 2.05) is 13.8 Å². The van der Waals surface area contributed by atoms with E-state index in [0.29, 0.717) is 0 Å². The van der Waals surface area contributed by atoms with E-state index in [0.717, 1.165) is 5.92 Å². The number of hydrogen-bond acceptors (Lipinski definition) is 0. The van der Waals surface area contributed by atoms with Crippen molar-refractivity contribution in [2.45, 2.75) is 41.5 Å². The maximum atomic E-state index is 2.23. The lowest BCUT2D eigenvalue weighted by atomic mass is 10.0. The molecule has 0 N–H and O–H groups in total. The summed E-state index contributed by atoms with van der Waals surface area (Å²) in [6.07, 6.45) is 7.73. The highest BCUT2D eigenvalue weighted by Crippen LogP contribution is 2.18. The molecule has 11 heavy (non-hydrogen) atoms. The summed E-state index contributed by atoms with van der Waals surface area (Å²) in [7, 11) is 0. The van der Waals surface area contributed by atoms with E-state index in [-0.39, 0.29) is 7.43 Å². The Morgan fingerprint density at radius 3 is 2.00 bits per heavy atom. The zero-order valence-electron chi connectivity index (χ0n) is 7.52. The molecule has 0 radical (unpaired) electrons. The van der Waals surface area contributed by atoms with Gasteiger partial charge in [0.2, 0.25) is 0 Å². The van der Waals surface area contributed by atoms with E-state index in [1.165, 1.54) is 6.42 Å². The minimum atomic E-state index is 0. The topological polar surface area (TPSA) is 0 Å². The molecule has 0 aromatic heterocycles. The van der Waals surface area contributed by atoms with Crippen molar-refractivity contribution < 1.29 is 0 Å². The fourth-order valence-electron chi connectivity index (χ4n) is 0.892. The summed E-state index contributed by atoms with van der Waals surface area (Å²) in [4.78, 5) is 0. The first-order chi connectivity index (χ1) is 4.80. The Labute approximate surface area is 72.0 Å². The van der Waals surface area contributed by atoms with Gasteiger partial charge in [0.1, 0.15) is 0 Å². The molecule has 0 unspecified atom stereocenters. The Morgan fingerprint density at radius 1 is 1.27 bits per heavy atom. The molecular formula is C11H22. The number of hydrogen-bond donors (Lipinski definition) is 0. The first kappa shape index (κ1) is 13.1. The van der Waals surface area contributed by atoms with Gasteiger partial charge in [-0.25, -0.2) is 0 Å². The summed E-state index contributed by atoms with van der Waals surface area (Å²) in [5, 5.41) is 0. The van der Waals surface area contributed by atoms with Crippen molar-refractivity contribution >= 4 is 0 Å². The van der Waals surface area contributed by atoms with Gasteiger partial charge in [0.25, 0.3) is 0 Å². The molecule has 0 aliphatic heterocycles. The summed E-state index contributed by atoms with van der Waals surface area (Å²) >= 11 is 0. The fourth-order valence-corrected chi connectivity index (χ4v) is 0.892. The third-order valence-electron chi connectivity index (χ3n) is 1.54. The summed E-state index contributed by atoms with van der Waals surface area (Å²) in [5.41, 5.74) is 1.56. The van der Waals surface area contributed by atoms with Gasteiger partial charge in [-0.3, -0.25) is 0 Å². The van der Waals surface area contributed by atoms with Gasteiger partial charge >= 0.3 is 0 Å². The highest BCUT2D eigenvalue weighted by Gasteiger charge is 2.01. The van der Waals surface area contributed by atoms with Crippen molar-refractivity contribution in [2.75, 3.05) is 0 Å². The van der Waals surface area contributed by atoms with E-state index >= 15 is 0 Å². The van der Waals surface area contributed by atoms with Gasteiger partial charge in [0, 0.05) is 0 Å². The molecule has 1 rings (SSSR count). The van der Waals surface area contributed by atoms with Crippen molar-refractivity contribution in [3.05, 3.63) is 23.8 Å². The largest absolute Gasteiger partial charge is 0.0805 e. The van der Waals surface area contributed by atoms with Crippen LogP contribution in [0.2, 0.25) is 0 Å². The minimum absolute atomic E-state index is 0. The van der Waals surface area contributed by atoms with Crippen molar-refractivity contribution in [2.24, 2.45) is 5.92 Å². The first-order valence-corrected chi connectivity index (χ1v) is 4.16. The molecule has 66 valence electrons. The van der Waals surface area contributed by atoms with Crippen LogP contribution >= 0.6 is 0 Å². The zero-order chi connectivity index (χ0) is 7.98. The predicted octanol–water partition coefficient (Wildman–Crippen LogP) is 4.19. The zero-order valence-corrected chi connectivity index (χ0v) is 7.52. The SMILES string of the molecule is C.CC.CC(C)C1=CC=CC1. The van der Waals surface area contributed by atoms with Gasteiger partial charge < -0.3 is 0 Å². The number of allylic oxidation sites excluding steroid dienone is 4. The van der Waals surface area contributed by atoms with Gasteiger partial charge in [-0.1, -0.05) is 58.9 Å².